The van der Waals surface area contributed by atoms with Gasteiger partial charge in [0.25, 0.3) is 0 Å². The summed E-state index contributed by atoms with van der Waals surface area (Å²) >= 11 is 5.99. The molecule has 0 spiro atoms. The summed E-state index contributed by atoms with van der Waals surface area (Å²) in [5.74, 6) is -1.44. The van der Waals surface area contributed by atoms with Gasteiger partial charge in [-0.3, -0.25) is 4.79 Å². The summed E-state index contributed by atoms with van der Waals surface area (Å²) in [6, 6.07) is 12.8. The van der Waals surface area contributed by atoms with Crippen LogP contribution in [0.5, 0.6) is 0 Å². The highest BCUT2D eigenvalue weighted by Gasteiger charge is 2.26. The minimum atomic E-state index is -1.39. The number of aliphatic hydroxyl groups excluding tert-OH is 1. The first-order valence-corrected chi connectivity index (χ1v) is 6.81. The molecule has 2 aromatic carbocycles. The maximum Gasteiger partial charge on any atom is 0.345 e. The first-order valence-electron chi connectivity index (χ1n) is 6.44. The van der Waals surface area contributed by atoms with Crippen LogP contribution in [0.2, 0.25) is 5.02 Å². The zero-order valence-electron chi connectivity index (χ0n) is 11.5. The average molecular weight is 317 g/mol. The van der Waals surface area contributed by atoms with E-state index in [9.17, 15) is 14.7 Å². The van der Waals surface area contributed by atoms with Crippen LogP contribution in [-0.2, 0) is 4.74 Å². The minimum Gasteiger partial charge on any atom is -0.431 e. The minimum absolute atomic E-state index is 0.00398. The SMILES string of the molecule is C=COC(=O)c1c(Cl)cccc1C(=O)C(O)c1ccccc1. The highest BCUT2D eigenvalue weighted by atomic mass is 35.5. The van der Waals surface area contributed by atoms with Gasteiger partial charge >= 0.3 is 5.97 Å². The Kier molecular flexibility index (Phi) is 5.09. The van der Waals surface area contributed by atoms with Crippen molar-refractivity contribution in [3.8, 4) is 0 Å². The Morgan fingerprint density at radius 1 is 1.14 bits per heavy atom. The fraction of sp³-hybridized carbons (Fsp3) is 0.0588. The zero-order chi connectivity index (χ0) is 16.1. The number of ketones is 1. The van der Waals surface area contributed by atoms with Crippen LogP contribution in [0, 0.1) is 0 Å². The molecule has 112 valence electrons. The Morgan fingerprint density at radius 3 is 2.45 bits per heavy atom. The highest BCUT2D eigenvalue weighted by molar-refractivity contribution is 6.34. The molecular formula is C17H13ClO4. The van der Waals surface area contributed by atoms with Crippen LogP contribution in [-0.4, -0.2) is 16.9 Å². The molecule has 0 saturated heterocycles. The van der Waals surface area contributed by atoms with Crippen LogP contribution < -0.4 is 0 Å². The van der Waals surface area contributed by atoms with Crippen LogP contribution in [0.4, 0.5) is 0 Å². The monoisotopic (exact) mass is 316 g/mol. The molecule has 4 nitrogen and oxygen atoms in total. The first kappa shape index (κ1) is 15.9. The fourth-order valence-corrected chi connectivity index (χ4v) is 2.26. The standard InChI is InChI=1S/C17H13ClO4/c1-2-22-17(21)14-12(9-6-10-13(14)18)16(20)15(19)11-7-4-3-5-8-11/h2-10,15,19H,1H2. The maximum atomic E-state index is 12.5. The van der Waals surface area contributed by atoms with Gasteiger partial charge in [0.1, 0.15) is 6.10 Å². The number of benzene rings is 2. The lowest BCUT2D eigenvalue weighted by Crippen LogP contribution is -2.17. The number of halogens is 1. The molecule has 5 heteroatoms. The van der Waals surface area contributed by atoms with Crippen molar-refractivity contribution in [1.29, 1.82) is 0 Å². The number of carbonyl (C=O) groups is 2. The van der Waals surface area contributed by atoms with Gasteiger partial charge in [-0.1, -0.05) is 60.6 Å². The van der Waals surface area contributed by atoms with Crippen molar-refractivity contribution in [2.24, 2.45) is 0 Å². The van der Waals surface area contributed by atoms with E-state index in [1.165, 1.54) is 18.2 Å². The first-order chi connectivity index (χ1) is 10.6. The molecule has 0 aliphatic carbocycles. The van der Waals surface area contributed by atoms with Crippen molar-refractivity contribution in [2.45, 2.75) is 6.10 Å². The van der Waals surface area contributed by atoms with Gasteiger partial charge in [-0.15, -0.1) is 0 Å². The van der Waals surface area contributed by atoms with Crippen LogP contribution >= 0.6 is 11.6 Å². The molecule has 2 aromatic rings. The van der Waals surface area contributed by atoms with Crippen molar-refractivity contribution in [3.63, 3.8) is 0 Å². The predicted molar refractivity (Wildman–Crippen MR) is 82.8 cm³/mol. The third kappa shape index (κ3) is 3.24. The average Bonchev–Trinajstić information content (AvgIpc) is 2.54. The van der Waals surface area contributed by atoms with Crippen molar-refractivity contribution in [1.82, 2.24) is 0 Å². The summed E-state index contributed by atoms with van der Waals surface area (Å²) in [6.45, 7) is 3.29. The number of hydrogen-bond acceptors (Lipinski definition) is 4. The Balaban J connectivity index is 2.44. The number of aliphatic hydroxyl groups is 1. The smallest absolute Gasteiger partial charge is 0.345 e. The Bertz CT molecular complexity index is 710. The van der Waals surface area contributed by atoms with Gasteiger partial charge in [0.15, 0.2) is 5.78 Å². The number of ether oxygens (including phenoxy) is 1. The lowest BCUT2D eigenvalue weighted by Gasteiger charge is -2.13. The van der Waals surface area contributed by atoms with Crippen LogP contribution in [0.3, 0.4) is 0 Å². The van der Waals surface area contributed by atoms with E-state index in [1.807, 2.05) is 0 Å². The zero-order valence-corrected chi connectivity index (χ0v) is 12.3. The Morgan fingerprint density at radius 2 is 1.82 bits per heavy atom. The lowest BCUT2D eigenvalue weighted by molar-refractivity contribution is 0.0649. The molecule has 0 aliphatic heterocycles. The maximum absolute atomic E-state index is 12.5. The number of hydrogen-bond donors (Lipinski definition) is 1. The van der Waals surface area contributed by atoms with E-state index in [1.54, 1.807) is 30.3 Å². The summed E-state index contributed by atoms with van der Waals surface area (Å²) < 4.78 is 4.69. The van der Waals surface area contributed by atoms with Crippen LogP contribution in [0.1, 0.15) is 32.4 Å². The van der Waals surface area contributed by atoms with E-state index in [2.05, 4.69) is 6.58 Å². The van der Waals surface area contributed by atoms with Gasteiger partial charge in [0.05, 0.1) is 16.8 Å². The van der Waals surface area contributed by atoms with Gasteiger partial charge < -0.3 is 9.84 Å². The van der Waals surface area contributed by atoms with Crippen molar-refractivity contribution < 1.29 is 19.4 Å². The normalized spacial score (nSPS) is 11.5. The lowest BCUT2D eigenvalue weighted by atomic mass is 9.96. The highest BCUT2D eigenvalue weighted by Crippen LogP contribution is 2.26. The predicted octanol–water partition coefficient (Wildman–Crippen LogP) is 3.56. The molecule has 1 N–H and O–H groups in total. The largest absolute Gasteiger partial charge is 0.431 e. The van der Waals surface area contributed by atoms with E-state index in [0.717, 1.165) is 6.26 Å². The number of esters is 1. The molecule has 22 heavy (non-hydrogen) atoms. The van der Waals surface area contributed by atoms with E-state index in [4.69, 9.17) is 16.3 Å². The molecule has 1 unspecified atom stereocenters. The summed E-state index contributed by atoms with van der Waals surface area (Å²) in [5, 5.41) is 10.3. The molecule has 0 aromatic heterocycles. The van der Waals surface area contributed by atoms with E-state index in [-0.39, 0.29) is 16.1 Å². The van der Waals surface area contributed by atoms with Crippen LogP contribution in [0.25, 0.3) is 0 Å². The second-order valence-corrected chi connectivity index (χ2v) is 4.82. The summed E-state index contributed by atoms with van der Waals surface area (Å²) in [7, 11) is 0. The molecular weight excluding hydrogens is 304 g/mol. The summed E-state index contributed by atoms with van der Waals surface area (Å²) in [5.41, 5.74) is 0.329. The molecule has 0 heterocycles. The third-order valence-electron chi connectivity index (χ3n) is 3.04. The number of carbonyl (C=O) groups excluding carboxylic acids is 2. The molecule has 0 amide bonds. The van der Waals surface area contributed by atoms with Crippen molar-refractivity contribution >= 4 is 23.4 Å². The van der Waals surface area contributed by atoms with Crippen LogP contribution in [0.15, 0.2) is 61.4 Å². The molecule has 0 bridgehead atoms. The molecule has 0 saturated carbocycles. The second kappa shape index (κ2) is 7.02. The van der Waals surface area contributed by atoms with Gasteiger partial charge in [-0.2, -0.15) is 0 Å². The molecule has 2 rings (SSSR count). The van der Waals surface area contributed by atoms with E-state index < -0.39 is 17.9 Å². The summed E-state index contributed by atoms with van der Waals surface area (Å²) in [6.07, 6.45) is -0.442. The van der Waals surface area contributed by atoms with Gasteiger partial charge in [-0.05, 0) is 11.6 Å². The topological polar surface area (TPSA) is 63.6 Å². The van der Waals surface area contributed by atoms with E-state index in [0.29, 0.717) is 5.56 Å². The number of Topliss-reactive ketones (excluding diaryl/α,β-unsaturated/α-hetero) is 1. The number of rotatable bonds is 5. The summed E-state index contributed by atoms with van der Waals surface area (Å²) in [4.78, 5) is 24.4. The quantitative estimate of drug-likeness (QED) is 0.520. The molecule has 0 radical (unpaired) electrons. The molecule has 0 fully saturated rings. The van der Waals surface area contributed by atoms with Gasteiger partial charge in [0, 0.05) is 5.56 Å². The second-order valence-electron chi connectivity index (χ2n) is 4.41. The van der Waals surface area contributed by atoms with Crippen molar-refractivity contribution in [3.05, 3.63) is 83.1 Å². The third-order valence-corrected chi connectivity index (χ3v) is 3.35. The Hall–Kier alpha value is -2.43. The van der Waals surface area contributed by atoms with Crippen molar-refractivity contribution in [2.75, 3.05) is 0 Å². The van der Waals surface area contributed by atoms with Gasteiger partial charge in [0.2, 0.25) is 0 Å². The van der Waals surface area contributed by atoms with E-state index >= 15 is 0 Å². The fourth-order valence-electron chi connectivity index (χ4n) is 2.01. The molecule has 1 atom stereocenters. The Labute approximate surface area is 132 Å². The van der Waals surface area contributed by atoms with Gasteiger partial charge in [-0.25, -0.2) is 4.79 Å². The molecule has 0 aliphatic rings.